The van der Waals surface area contributed by atoms with Crippen LogP contribution in [0.1, 0.15) is 60.9 Å². The quantitative estimate of drug-likeness (QED) is 0.253. The first-order valence-corrected chi connectivity index (χ1v) is 14.5. The Kier molecular flexibility index (Phi) is 8.66. The number of likely N-dealkylation sites (tertiary alicyclic amines) is 1. The largest absolute Gasteiger partial charge is 0.474 e. The van der Waals surface area contributed by atoms with Crippen LogP contribution in [0, 0.1) is 25.5 Å². The van der Waals surface area contributed by atoms with E-state index in [-0.39, 0.29) is 17.1 Å². The first-order valence-electron chi connectivity index (χ1n) is 14.5. The van der Waals surface area contributed by atoms with E-state index in [1.807, 2.05) is 37.3 Å². The number of nitrogens with one attached hydrogen (secondary N) is 2. The fourth-order valence-electron chi connectivity index (χ4n) is 4.91. The van der Waals surface area contributed by atoms with Crippen molar-refractivity contribution in [2.45, 2.75) is 59.0 Å². The van der Waals surface area contributed by atoms with Crippen LogP contribution in [0.4, 0.5) is 25.1 Å². The highest BCUT2D eigenvalue weighted by Crippen LogP contribution is 2.27. The summed E-state index contributed by atoms with van der Waals surface area (Å²) in [6, 6.07) is 15.7. The highest BCUT2D eigenvalue weighted by atomic mass is 19.1. The zero-order valence-electron chi connectivity index (χ0n) is 25.4. The number of urea groups is 1. The molecular formula is C33H36F2N6O3. The molecule has 0 spiro atoms. The van der Waals surface area contributed by atoms with Gasteiger partial charge in [0, 0.05) is 49.5 Å². The lowest BCUT2D eigenvalue weighted by Crippen LogP contribution is -2.42. The molecule has 0 radical (unpaired) electrons. The maximum Gasteiger partial charge on any atom is 0.324 e. The first-order chi connectivity index (χ1) is 20.9. The molecule has 230 valence electrons. The summed E-state index contributed by atoms with van der Waals surface area (Å²) in [7, 11) is 0. The number of hydrogen-bond acceptors (Lipinski definition) is 5. The minimum absolute atomic E-state index is 0.149. The number of hydrogen-bond donors (Lipinski definition) is 2. The van der Waals surface area contributed by atoms with Crippen LogP contribution >= 0.6 is 0 Å². The summed E-state index contributed by atoms with van der Waals surface area (Å²) in [5.74, 6) is -1.14. The van der Waals surface area contributed by atoms with Gasteiger partial charge >= 0.3 is 6.03 Å². The second kappa shape index (κ2) is 12.4. The van der Waals surface area contributed by atoms with Crippen molar-refractivity contribution in [3.63, 3.8) is 0 Å². The Morgan fingerprint density at radius 1 is 0.932 bits per heavy atom. The lowest BCUT2D eigenvalue weighted by atomic mass is 9.92. The molecule has 0 aliphatic carbocycles. The van der Waals surface area contributed by atoms with Crippen molar-refractivity contribution < 1.29 is 23.1 Å². The Bertz CT molecular complexity index is 1670. The summed E-state index contributed by atoms with van der Waals surface area (Å²) in [4.78, 5) is 31.8. The molecule has 0 atom stereocenters. The molecule has 5 rings (SSSR count). The normalized spacial score (nSPS) is 13.9. The van der Waals surface area contributed by atoms with Gasteiger partial charge in [-0.2, -0.15) is 5.10 Å². The van der Waals surface area contributed by atoms with E-state index in [2.05, 4.69) is 36.4 Å². The Morgan fingerprint density at radius 2 is 1.64 bits per heavy atom. The zero-order valence-corrected chi connectivity index (χ0v) is 25.4. The second-order valence-corrected chi connectivity index (χ2v) is 12.0. The predicted molar refractivity (Wildman–Crippen MR) is 165 cm³/mol. The van der Waals surface area contributed by atoms with Gasteiger partial charge in [0.05, 0.1) is 28.3 Å². The van der Waals surface area contributed by atoms with E-state index in [1.54, 1.807) is 23.7 Å². The Morgan fingerprint density at radius 3 is 2.27 bits per heavy atom. The van der Waals surface area contributed by atoms with Crippen LogP contribution in [0.2, 0.25) is 0 Å². The van der Waals surface area contributed by atoms with Gasteiger partial charge in [-0.15, -0.1) is 0 Å². The van der Waals surface area contributed by atoms with Gasteiger partial charge in [0.1, 0.15) is 23.6 Å². The monoisotopic (exact) mass is 602 g/mol. The van der Waals surface area contributed by atoms with Crippen molar-refractivity contribution in [2.24, 2.45) is 0 Å². The third-order valence-electron chi connectivity index (χ3n) is 7.48. The third-order valence-corrected chi connectivity index (χ3v) is 7.48. The van der Waals surface area contributed by atoms with E-state index >= 15 is 0 Å². The average Bonchev–Trinajstić information content (AvgIpc) is 3.39. The van der Waals surface area contributed by atoms with E-state index in [0.29, 0.717) is 55.1 Å². The number of nitrogens with zero attached hydrogens (tertiary/aromatic N) is 4. The Labute approximate surface area is 255 Å². The van der Waals surface area contributed by atoms with Gasteiger partial charge in [0.25, 0.3) is 5.91 Å². The molecular weight excluding hydrogens is 566 g/mol. The van der Waals surface area contributed by atoms with Gasteiger partial charge in [0.15, 0.2) is 0 Å². The van der Waals surface area contributed by atoms with Gasteiger partial charge < -0.3 is 15.0 Å². The summed E-state index contributed by atoms with van der Waals surface area (Å²) in [5.41, 5.74) is 3.52. The van der Waals surface area contributed by atoms with Gasteiger partial charge in [0.2, 0.25) is 5.88 Å². The number of aromatic nitrogens is 3. The first kappa shape index (κ1) is 30.7. The maximum atomic E-state index is 14.1. The van der Waals surface area contributed by atoms with Crippen molar-refractivity contribution >= 4 is 23.4 Å². The van der Waals surface area contributed by atoms with Crippen LogP contribution in [0.5, 0.6) is 5.88 Å². The van der Waals surface area contributed by atoms with Crippen molar-refractivity contribution in [1.82, 2.24) is 19.7 Å². The fraction of sp³-hybridized carbons (Fsp3) is 0.333. The smallest absolute Gasteiger partial charge is 0.324 e. The topological polar surface area (TPSA) is 101 Å². The van der Waals surface area contributed by atoms with Crippen molar-refractivity contribution in [3.05, 3.63) is 94.8 Å². The number of anilines is 2. The van der Waals surface area contributed by atoms with Gasteiger partial charge in [-0.1, -0.05) is 38.5 Å². The molecule has 3 heterocycles. The fourth-order valence-corrected chi connectivity index (χ4v) is 4.91. The minimum atomic E-state index is -0.873. The van der Waals surface area contributed by atoms with Crippen LogP contribution < -0.4 is 15.4 Å². The number of rotatable bonds is 6. The molecule has 2 N–H and O–H groups in total. The standard InChI is InChI=1S/C33H36F2N6O3/c1-20-6-9-23(10-7-20)41-29(19-28(39-41)33(3,4)5)38-32(43)37-27-12-13-30(36-21(27)2)44-24-14-16-40(17-15-24)31(42)25-11-8-22(34)18-26(25)35/h6-13,18-19,24H,14-17H2,1-5H3,(H2,37,38,43). The highest BCUT2D eigenvalue weighted by molar-refractivity contribution is 5.99. The van der Waals surface area contributed by atoms with Crippen LogP contribution in [0.15, 0.2) is 60.7 Å². The van der Waals surface area contributed by atoms with Crippen LogP contribution in [0.25, 0.3) is 5.69 Å². The van der Waals surface area contributed by atoms with Crippen LogP contribution in [-0.2, 0) is 5.41 Å². The molecule has 1 fully saturated rings. The highest BCUT2D eigenvalue weighted by Gasteiger charge is 2.27. The van der Waals surface area contributed by atoms with Gasteiger partial charge in [-0.3, -0.25) is 10.1 Å². The number of pyridine rings is 1. The predicted octanol–water partition coefficient (Wildman–Crippen LogP) is 6.79. The number of carbonyl (C=O) groups is 2. The van der Waals surface area contributed by atoms with E-state index < -0.39 is 23.6 Å². The molecule has 0 saturated carbocycles. The Balaban J connectivity index is 1.19. The summed E-state index contributed by atoms with van der Waals surface area (Å²) in [6.07, 6.45) is 0.872. The molecule has 2 aromatic carbocycles. The molecule has 1 saturated heterocycles. The van der Waals surface area contributed by atoms with Crippen LogP contribution in [-0.4, -0.2) is 50.8 Å². The van der Waals surface area contributed by atoms with Crippen LogP contribution in [0.3, 0.4) is 0 Å². The molecule has 2 aromatic heterocycles. The van der Waals surface area contributed by atoms with Crippen molar-refractivity contribution in [1.29, 1.82) is 0 Å². The Hall–Kier alpha value is -4.80. The lowest BCUT2D eigenvalue weighted by molar-refractivity contribution is 0.0583. The number of ether oxygens (including phenoxy) is 1. The average molecular weight is 603 g/mol. The van der Waals surface area contributed by atoms with E-state index in [1.165, 1.54) is 11.0 Å². The SMILES string of the molecule is Cc1ccc(-n2nc(C(C)(C)C)cc2NC(=O)Nc2ccc(OC3CCN(C(=O)c4ccc(F)cc4F)CC3)nc2C)cc1. The van der Waals surface area contributed by atoms with E-state index in [0.717, 1.165) is 23.0 Å². The molecule has 4 aromatic rings. The number of benzene rings is 2. The molecule has 44 heavy (non-hydrogen) atoms. The summed E-state index contributed by atoms with van der Waals surface area (Å²) >= 11 is 0. The van der Waals surface area contributed by atoms with Gasteiger partial charge in [-0.25, -0.2) is 23.2 Å². The lowest BCUT2D eigenvalue weighted by Gasteiger charge is -2.32. The maximum absolute atomic E-state index is 14.1. The van der Waals surface area contributed by atoms with Gasteiger partial charge in [-0.05, 0) is 44.2 Å². The minimum Gasteiger partial charge on any atom is -0.474 e. The molecule has 0 unspecified atom stereocenters. The molecule has 1 aliphatic rings. The molecule has 0 bridgehead atoms. The second-order valence-electron chi connectivity index (χ2n) is 12.0. The summed E-state index contributed by atoms with van der Waals surface area (Å²) in [6.45, 7) is 10.7. The summed E-state index contributed by atoms with van der Waals surface area (Å²) < 4.78 is 35.1. The number of halogens is 2. The molecule has 1 aliphatic heterocycles. The zero-order chi connectivity index (χ0) is 31.6. The number of aryl methyl sites for hydroxylation is 2. The number of carbonyl (C=O) groups excluding carboxylic acids is 2. The summed E-state index contributed by atoms with van der Waals surface area (Å²) in [5, 5.41) is 10.5. The van der Waals surface area contributed by atoms with Crippen molar-refractivity contribution in [3.8, 4) is 11.6 Å². The molecule has 3 amide bonds. The third kappa shape index (κ3) is 7.04. The number of amides is 3. The van der Waals surface area contributed by atoms with Crippen molar-refractivity contribution in [2.75, 3.05) is 23.7 Å². The number of piperidine rings is 1. The van der Waals surface area contributed by atoms with E-state index in [9.17, 15) is 18.4 Å². The van der Waals surface area contributed by atoms with E-state index in [4.69, 9.17) is 9.84 Å². The molecule has 11 heteroatoms. The molecule has 9 nitrogen and oxygen atoms in total.